The molecule has 0 N–H and O–H groups in total. The molecular weight excluding hydrogens is 282 g/mol. The molecule has 1 aliphatic carbocycles. The molecule has 0 unspecified atom stereocenters. The summed E-state index contributed by atoms with van der Waals surface area (Å²) in [5.74, 6) is -0.231. The average molecular weight is 303 g/mol. The van der Waals surface area contributed by atoms with Gasteiger partial charge in [-0.2, -0.15) is 0 Å². The van der Waals surface area contributed by atoms with Crippen molar-refractivity contribution in [3.8, 4) is 0 Å². The number of hydrogen-bond donors (Lipinski definition) is 0. The molecule has 0 atom stereocenters. The van der Waals surface area contributed by atoms with Crippen LogP contribution in [0.15, 0.2) is 23.0 Å². The number of rotatable bonds is 3. The molecule has 1 aromatic heterocycles. The third-order valence-electron chi connectivity index (χ3n) is 4.59. The Balaban J connectivity index is 2.12. The summed E-state index contributed by atoms with van der Waals surface area (Å²) in [6.45, 7) is 0. The second-order valence-electron chi connectivity index (χ2n) is 5.84. The molecule has 1 aromatic carbocycles. The summed E-state index contributed by atoms with van der Waals surface area (Å²) in [7, 11) is 4.77. The second kappa shape index (κ2) is 5.61. The zero-order valence-corrected chi connectivity index (χ0v) is 13.2. The number of amides is 1. The Morgan fingerprint density at radius 2 is 1.95 bits per heavy atom. The summed E-state index contributed by atoms with van der Waals surface area (Å²) in [4.78, 5) is 29.7. The van der Waals surface area contributed by atoms with Crippen molar-refractivity contribution in [2.75, 3.05) is 14.2 Å². The van der Waals surface area contributed by atoms with Gasteiger partial charge in [-0.3, -0.25) is 18.8 Å². The number of carbonyl (C=O) groups is 1. The van der Waals surface area contributed by atoms with Gasteiger partial charge in [0.05, 0.1) is 18.1 Å². The van der Waals surface area contributed by atoms with Gasteiger partial charge in [0.2, 0.25) is 0 Å². The van der Waals surface area contributed by atoms with Crippen LogP contribution in [-0.2, 0) is 11.9 Å². The number of imidazole rings is 1. The van der Waals surface area contributed by atoms with Crippen LogP contribution in [0.4, 0.5) is 0 Å². The molecule has 1 amide bonds. The van der Waals surface area contributed by atoms with Gasteiger partial charge < -0.3 is 0 Å². The van der Waals surface area contributed by atoms with Gasteiger partial charge in [-0.05, 0) is 31.0 Å². The van der Waals surface area contributed by atoms with E-state index in [4.69, 9.17) is 4.84 Å². The van der Waals surface area contributed by atoms with Crippen LogP contribution in [0.3, 0.4) is 0 Å². The first-order valence-electron chi connectivity index (χ1n) is 7.57. The van der Waals surface area contributed by atoms with E-state index in [2.05, 4.69) is 0 Å². The lowest BCUT2D eigenvalue weighted by Crippen LogP contribution is -2.25. The molecular formula is C16H21N3O3. The highest BCUT2D eigenvalue weighted by Gasteiger charge is 2.23. The van der Waals surface area contributed by atoms with Gasteiger partial charge in [-0.15, -0.1) is 0 Å². The Bertz CT molecular complexity index is 769. The van der Waals surface area contributed by atoms with E-state index >= 15 is 0 Å². The highest BCUT2D eigenvalue weighted by atomic mass is 16.7. The predicted octanol–water partition coefficient (Wildman–Crippen LogP) is 2.09. The number of aryl methyl sites for hydroxylation is 1. The van der Waals surface area contributed by atoms with Crippen molar-refractivity contribution < 1.29 is 9.63 Å². The fraction of sp³-hybridized carbons (Fsp3) is 0.500. The molecule has 0 saturated heterocycles. The normalized spacial score (nSPS) is 15.6. The third kappa shape index (κ3) is 2.23. The van der Waals surface area contributed by atoms with Gasteiger partial charge in [0.1, 0.15) is 0 Å². The zero-order chi connectivity index (χ0) is 15.9. The maximum Gasteiger partial charge on any atom is 0.329 e. The summed E-state index contributed by atoms with van der Waals surface area (Å²) < 4.78 is 3.51. The number of aromatic nitrogens is 2. The molecule has 0 aliphatic heterocycles. The van der Waals surface area contributed by atoms with Crippen molar-refractivity contribution in [3.05, 3.63) is 34.2 Å². The van der Waals surface area contributed by atoms with Gasteiger partial charge >= 0.3 is 5.69 Å². The number of hydroxylamine groups is 2. The van der Waals surface area contributed by atoms with Crippen LogP contribution in [0.25, 0.3) is 11.0 Å². The first kappa shape index (κ1) is 14.8. The summed E-state index contributed by atoms with van der Waals surface area (Å²) >= 11 is 0. The largest absolute Gasteiger partial charge is 0.329 e. The highest BCUT2D eigenvalue weighted by molar-refractivity contribution is 5.96. The lowest BCUT2D eigenvalue weighted by molar-refractivity contribution is -0.0756. The van der Waals surface area contributed by atoms with Crippen molar-refractivity contribution >= 4 is 16.9 Å². The SMILES string of the molecule is CON(C)C(=O)c1ccc2c(c1)n(C)c(=O)n2C1CCCC1. The molecule has 6 heteroatoms. The fourth-order valence-electron chi connectivity index (χ4n) is 3.28. The first-order valence-corrected chi connectivity index (χ1v) is 7.57. The van der Waals surface area contributed by atoms with Crippen LogP contribution in [0.1, 0.15) is 42.1 Å². The topological polar surface area (TPSA) is 56.5 Å². The molecule has 1 aliphatic rings. The van der Waals surface area contributed by atoms with Crippen LogP contribution in [0, 0.1) is 0 Å². The zero-order valence-electron chi connectivity index (χ0n) is 13.2. The van der Waals surface area contributed by atoms with Crippen LogP contribution < -0.4 is 5.69 Å². The molecule has 1 heterocycles. The Morgan fingerprint density at radius 1 is 1.27 bits per heavy atom. The smallest absolute Gasteiger partial charge is 0.295 e. The lowest BCUT2D eigenvalue weighted by Gasteiger charge is -2.14. The van der Waals surface area contributed by atoms with Crippen LogP contribution >= 0.6 is 0 Å². The molecule has 118 valence electrons. The minimum Gasteiger partial charge on any atom is -0.295 e. The van der Waals surface area contributed by atoms with Crippen LogP contribution in [0.2, 0.25) is 0 Å². The summed E-state index contributed by atoms with van der Waals surface area (Å²) in [5, 5.41) is 1.17. The van der Waals surface area contributed by atoms with Crippen LogP contribution in [0.5, 0.6) is 0 Å². The number of carbonyl (C=O) groups excluding carboxylic acids is 1. The summed E-state index contributed by atoms with van der Waals surface area (Å²) in [5.41, 5.74) is 2.19. The Morgan fingerprint density at radius 3 is 2.59 bits per heavy atom. The lowest BCUT2D eigenvalue weighted by atomic mass is 10.1. The minimum absolute atomic E-state index is 0.00778. The molecule has 1 saturated carbocycles. The van der Waals surface area contributed by atoms with Gasteiger partial charge in [0.15, 0.2) is 0 Å². The van der Waals surface area contributed by atoms with E-state index in [1.165, 1.54) is 25.0 Å². The predicted molar refractivity (Wildman–Crippen MR) is 83.8 cm³/mol. The van der Waals surface area contributed by atoms with Gasteiger partial charge in [-0.25, -0.2) is 9.86 Å². The van der Waals surface area contributed by atoms with Gasteiger partial charge in [0, 0.05) is 25.7 Å². The molecule has 0 bridgehead atoms. The van der Waals surface area contributed by atoms with Crippen molar-refractivity contribution in [2.24, 2.45) is 7.05 Å². The van der Waals surface area contributed by atoms with E-state index in [1.807, 2.05) is 10.6 Å². The highest BCUT2D eigenvalue weighted by Crippen LogP contribution is 2.31. The Labute approximate surface area is 128 Å². The third-order valence-corrected chi connectivity index (χ3v) is 4.59. The Hall–Kier alpha value is -2.08. The Kier molecular flexibility index (Phi) is 3.78. The quantitative estimate of drug-likeness (QED) is 0.816. The maximum absolute atomic E-state index is 12.6. The second-order valence-corrected chi connectivity index (χ2v) is 5.84. The first-order chi connectivity index (χ1) is 10.5. The van der Waals surface area contributed by atoms with E-state index in [1.54, 1.807) is 30.8 Å². The molecule has 22 heavy (non-hydrogen) atoms. The maximum atomic E-state index is 12.6. The van der Waals surface area contributed by atoms with Gasteiger partial charge in [0.25, 0.3) is 5.91 Å². The summed E-state index contributed by atoms with van der Waals surface area (Å²) in [6.07, 6.45) is 4.43. The monoisotopic (exact) mass is 303 g/mol. The van der Waals surface area contributed by atoms with Crippen molar-refractivity contribution in [1.82, 2.24) is 14.2 Å². The number of nitrogens with zero attached hydrogens (tertiary/aromatic N) is 3. The number of hydrogen-bond acceptors (Lipinski definition) is 3. The van der Waals surface area contributed by atoms with E-state index in [9.17, 15) is 9.59 Å². The standard InChI is InChI=1S/C16H21N3O3/c1-17-14-10-11(15(20)18(2)22-3)8-9-13(14)19(16(17)21)12-6-4-5-7-12/h8-10,12H,4-7H2,1-3H3. The number of benzene rings is 1. The summed E-state index contributed by atoms with van der Waals surface area (Å²) in [6, 6.07) is 5.66. The van der Waals surface area contributed by atoms with E-state index in [0.717, 1.165) is 23.9 Å². The van der Waals surface area contributed by atoms with Crippen molar-refractivity contribution in [3.63, 3.8) is 0 Å². The van der Waals surface area contributed by atoms with E-state index in [-0.39, 0.29) is 17.6 Å². The van der Waals surface area contributed by atoms with Crippen LogP contribution in [-0.4, -0.2) is 34.3 Å². The molecule has 0 radical (unpaired) electrons. The van der Waals surface area contributed by atoms with Gasteiger partial charge in [-0.1, -0.05) is 12.8 Å². The fourth-order valence-corrected chi connectivity index (χ4v) is 3.28. The minimum atomic E-state index is -0.231. The van der Waals surface area contributed by atoms with Crippen molar-refractivity contribution in [1.29, 1.82) is 0 Å². The molecule has 6 nitrogen and oxygen atoms in total. The average Bonchev–Trinajstić information content (AvgIpc) is 3.14. The van der Waals surface area contributed by atoms with Crippen molar-refractivity contribution in [2.45, 2.75) is 31.7 Å². The van der Waals surface area contributed by atoms with E-state index < -0.39 is 0 Å². The molecule has 0 spiro atoms. The number of fused-ring (bicyclic) bond motifs is 1. The molecule has 3 rings (SSSR count). The molecule has 1 fully saturated rings. The molecule has 2 aromatic rings. The van der Waals surface area contributed by atoms with E-state index in [0.29, 0.717) is 5.56 Å².